The van der Waals surface area contributed by atoms with Gasteiger partial charge in [-0.25, -0.2) is 0 Å². The number of esters is 3. The number of ether oxygens (including phenoxy) is 4. The van der Waals surface area contributed by atoms with Gasteiger partial charge < -0.3 is 24.7 Å². The quantitative estimate of drug-likeness (QED) is 0.349. The van der Waals surface area contributed by atoms with E-state index in [2.05, 4.69) is 0 Å². The Morgan fingerprint density at radius 3 is 2.04 bits per heavy atom. The lowest BCUT2D eigenvalue weighted by Crippen LogP contribution is -2.57. The van der Waals surface area contributed by atoms with Gasteiger partial charge in [0, 0.05) is 32.8 Å². The first-order valence-corrected chi connectivity index (χ1v) is 7.81. The Hall–Kier alpha value is -1.85. The second kappa shape index (κ2) is 9.45. The summed E-state index contributed by atoms with van der Waals surface area (Å²) in [7, 11) is 0. The molecule has 4 atom stereocenters. The van der Waals surface area contributed by atoms with E-state index < -0.39 is 48.4 Å². The minimum atomic E-state index is -1.19. The Morgan fingerprint density at radius 2 is 1.54 bits per heavy atom. The number of rotatable bonds is 7. The first kappa shape index (κ1) is 20.2. The molecular weight excluding hydrogens is 346 g/mol. The molecule has 0 saturated carbocycles. The monoisotopic (exact) mass is 365 g/mol. The summed E-state index contributed by atoms with van der Waals surface area (Å²) in [5, 5.41) is 0. The van der Waals surface area contributed by atoms with Crippen LogP contribution in [0.5, 0.6) is 0 Å². The number of primary amides is 1. The van der Waals surface area contributed by atoms with Crippen molar-refractivity contribution in [2.75, 3.05) is 12.4 Å². The summed E-state index contributed by atoms with van der Waals surface area (Å²) in [6.07, 6.45) is -4.43. The maximum atomic E-state index is 11.3. The van der Waals surface area contributed by atoms with E-state index in [1.807, 2.05) is 0 Å². The van der Waals surface area contributed by atoms with Crippen LogP contribution < -0.4 is 5.73 Å². The first-order valence-electron chi connectivity index (χ1n) is 6.90. The van der Waals surface area contributed by atoms with Crippen LogP contribution in [0, 0.1) is 0 Å². The third-order valence-electron chi connectivity index (χ3n) is 2.67. The molecule has 0 unspecified atom stereocenters. The van der Waals surface area contributed by atoms with E-state index in [0.29, 0.717) is 12.0 Å². The van der Waals surface area contributed by atoms with E-state index in [1.165, 1.54) is 6.92 Å². The zero-order valence-corrected chi connectivity index (χ0v) is 14.2. The lowest BCUT2D eigenvalue weighted by molar-refractivity contribution is -0.257. The molecule has 1 amide bonds. The molecule has 136 valence electrons. The van der Waals surface area contributed by atoms with E-state index in [4.69, 9.17) is 28.9 Å². The van der Waals surface area contributed by atoms with Gasteiger partial charge in [0.1, 0.15) is 0 Å². The van der Waals surface area contributed by atoms with Gasteiger partial charge >= 0.3 is 17.9 Å². The van der Waals surface area contributed by atoms with Gasteiger partial charge in [0.2, 0.25) is 12.2 Å². The number of hydrogen-bond donors (Lipinski definition) is 1. The van der Waals surface area contributed by atoms with E-state index in [0.717, 1.165) is 13.8 Å². The second-order valence-electron chi connectivity index (χ2n) is 4.82. The second-order valence-corrected chi connectivity index (χ2v) is 5.54. The SMILES string of the molecule is CC(=O)O[C@@H]1[C@@H](OC(C)=O)[C@H](OSCC(N)=O)OC[C@H]1OC(C)=O. The van der Waals surface area contributed by atoms with Gasteiger partial charge in [-0.1, -0.05) is 0 Å². The number of carbonyl (C=O) groups is 4. The summed E-state index contributed by atoms with van der Waals surface area (Å²) < 4.78 is 25.9. The molecule has 1 rings (SSSR count). The maximum Gasteiger partial charge on any atom is 0.303 e. The molecule has 10 nitrogen and oxygen atoms in total. The highest BCUT2D eigenvalue weighted by Gasteiger charge is 2.47. The van der Waals surface area contributed by atoms with Crippen LogP contribution in [-0.2, 0) is 42.3 Å². The number of carbonyl (C=O) groups excluding carboxylic acids is 4. The molecule has 11 heteroatoms. The van der Waals surface area contributed by atoms with Crippen LogP contribution in [-0.4, -0.2) is 60.8 Å². The lowest BCUT2D eigenvalue weighted by atomic mass is 10.0. The fourth-order valence-electron chi connectivity index (χ4n) is 1.95. The van der Waals surface area contributed by atoms with Gasteiger partial charge in [-0.2, -0.15) is 0 Å². The largest absolute Gasteiger partial charge is 0.456 e. The fraction of sp³-hybridized carbons (Fsp3) is 0.692. The predicted molar refractivity (Wildman–Crippen MR) is 79.1 cm³/mol. The zero-order chi connectivity index (χ0) is 18.3. The van der Waals surface area contributed by atoms with Gasteiger partial charge in [0.15, 0.2) is 18.3 Å². The third-order valence-corrected chi connectivity index (χ3v) is 3.40. The van der Waals surface area contributed by atoms with Crippen molar-refractivity contribution in [3.63, 3.8) is 0 Å². The van der Waals surface area contributed by atoms with Gasteiger partial charge in [0.25, 0.3) is 0 Å². The molecule has 2 N–H and O–H groups in total. The van der Waals surface area contributed by atoms with E-state index in [-0.39, 0.29) is 12.4 Å². The minimum absolute atomic E-state index is 0.155. The minimum Gasteiger partial charge on any atom is -0.456 e. The Kier molecular flexibility index (Phi) is 7.95. The smallest absolute Gasteiger partial charge is 0.303 e. The Labute approximate surface area is 142 Å². The van der Waals surface area contributed by atoms with Gasteiger partial charge in [0.05, 0.1) is 12.4 Å². The van der Waals surface area contributed by atoms with Crippen molar-refractivity contribution in [3.05, 3.63) is 0 Å². The normalized spacial score (nSPS) is 26.3. The Morgan fingerprint density at radius 1 is 1.00 bits per heavy atom. The van der Waals surface area contributed by atoms with Crippen molar-refractivity contribution in [1.82, 2.24) is 0 Å². The first-order chi connectivity index (χ1) is 11.2. The van der Waals surface area contributed by atoms with Crippen molar-refractivity contribution in [2.24, 2.45) is 5.73 Å². The van der Waals surface area contributed by atoms with E-state index in [9.17, 15) is 19.2 Å². The number of hydrogen-bond acceptors (Lipinski definition) is 10. The molecule has 0 aromatic rings. The summed E-state index contributed by atoms with van der Waals surface area (Å²) in [6.45, 7) is 3.32. The van der Waals surface area contributed by atoms with Crippen LogP contribution >= 0.6 is 12.0 Å². The molecular formula is C13H19NO9S. The molecule has 0 aromatic heterocycles. The van der Waals surface area contributed by atoms with E-state index >= 15 is 0 Å². The molecule has 0 aliphatic carbocycles. The van der Waals surface area contributed by atoms with Crippen molar-refractivity contribution < 1.29 is 42.3 Å². The standard InChI is InChI=1S/C13H19NO9S/c1-6(15)20-9-4-19-13(23-24-5-10(14)18)12(22-8(3)17)11(9)21-7(2)16/h9,11-13H,4-5H2,1-3H3,(H2,14,18)/t9-,11+,12-,13+/m1/s1. The number of nitrogens with two attached hydrogens (primary N) is 1. The van der Waals surface area contributed by atoms with Crippen molar-refractivity contribution in [3.8, 4) is 0 Å². The van der Waals surface area contributed by atoms with Crippen molar-refractivity contribution >= 4 is 35.9 Å². The molecule has 1 aliphatic heterocycles. The average molecular weight is 365 g/mol. The molecule has 0 aromatic carbocycles. The zero-order valence-electron chi connectivity index (χ0n) is 13.4. The third kappa shape index (κ3) is 6.72. The van der Waals surface area contributed by atoms with Crippen LogP contribution in [0.3, 0.4) is 0 Å². The highest BCUT2D eigenvalue weighted by Crippen LogP contribution is 2.27. The predicted octanol–water partition coefficient (Wildman–Crippen LogP) is -0.712. The summed E-state index contributed by atoms with van der Waals surface area (Å²) >= 11 is 0.696. The summed E-state index contributed by atoms with van der Waals surface area (Å²) in [6, 6.07) is 0. The van der Waals surface area contributed by atoms with Crippen molar-refractivity contribution in [1.29, 1.82) is 0 Å². The molecule has 1 heterocycles. The Balaban J connectivity index is 2.92. The Bertz CT molecular complexity index is 498. The molecule has 1 aliphatic rings. The highest BCUT2D eigenvalue weighted by atomic mass is 32.2. The molecule has 24 heavy (non-hydrogen) atoms. The molecule has 0 radical (unpaired) electrons. The van der Waals surface area contributed by atoms with Crippen LogP contribution in [0.4, 0.5) is 0 Å². The summed E-state index contributed by atoms with van der Waals surface area (Å²) in [5.41, 5.74) is 5.00. The van der Waals surface area contributed by atoms with Crippen LogP contribution in [0.2, 0.25) is 0 Å². The molecule has 0 spiro atoms. The van der Waals surface area contributed by atoms with Crippen LogP contribution in [0.1, 0.15) is 20.8 Å². The van der Waals surface area contributed by atoms with Crippen molar-refractivity contribution in [2.45, 2.75) is 45.4 Å². The van der Waals surface area contributed by atoms with Gasteiger partial charge in [-0.15, -0.1) is 0 Å². The number of amides is 1. The van der Waals surface area contributed by atoms with Gasteiger partial charge in [-0.3, -0.25) is 23.4 Å². The average Bonchev–Trinajstić information content (AvgIpc) is 2.42. The van der Waals surface area contributed by atoms with Crippen LogP contribution in [0.15, 0.2) is 0 Å². The summed E-state index contributed by atoms with van der Waals surface area (Å²) in [5.74, 6) is -2.74. The maximum absolute atomic E-state index is 11.3. The molecule has 1 fully saturated rings. The fourth-order valence-corrected chi connectivity index (χ4v) is 2.43. The lowest BCUT2D eigenvalue weighted by Gasteiger charge is -2.39. The molecule has 0 bridgehead atoms. The summed E-state index contributed by atoms with van der Waals surface area (Å²) in [4.78, 5) is 44.6. The van der Waals surface area contributed by atoms with Crippen LogP contribution in [0.25, 0.3) is 0 Å². The van der Waals surface area contributed by atoms with E-state index in [1.54, 1.807) is 0 Å². The van der Waals surface area contributed by atoms with Gasteiger partial charge in [-0.05, 0) is 0 Å². The highest BCUT2D eigenvalue weighted by molar-refractivity contribution is 7.95. The topological polar surface area (TPSA) is 140 Å². The molecule has 1 saturated heterocycles.